The van der Waals surface area contributed by atoms with Crippen LogP contribution in [0.25, 0.3) is 16.9 Å². The number of amides is 1. The Labute approximate surface area is 180 Å². The molecule has 4 rings (SSSR count). The van der Waals surface area contributed by atoms with Gasteiger partial charge >= 0.3 is 0 Å². The molecule has 0 unspecified atom stereocenters. The van der Waals surface area contributed by atoms with E-state index in [0.717, 1.165) is 16.8 Å². The van der Waals surface area contributed by atoms with Crippen LogP contribution in [0, 0.1) is 0 Å². The lowest BCUT2D eigenvalue weighted by Crippen LogP contribution is -2.23. The Hall–Kier alpha value is -3.75. The summed E-state index contributed by atoms with van der Waals surface area (Å²) in [7, 11) is -3.79. The van der Waals surface area contributed by atoms with Crippen molar-refractivity contribution >= 4 is 15.9 Å². The smallest absolute Gasteiger partial charge is 0.248 e. The Kier molecular flexibility index (Phi) is 5.66. The van der Waals surface area contributed by atoms with Gasteiger partial charge in [-0.15, -0.1) is 0 Å². The van der Waals surface area contributed by atoms with E-state index in [9.17, 15) is 13.2 Å². The van der Waals surface area contributed by atoms with Gasteiger partial charge in [0.2, 0.25) is 15.9 Å². The summed E-state index contributed by atoms with van der Waals surface area (Å²) < 4.78 is 29.9. The van der Waals surface area contributed by atoms with Gasteiger partial charge in [0.25, 0.3) is 0 Å². The number of primary amides is 1. The van der Waals surface area contributed by atoms with Crippen LogP contribution >= 0.6 is 0 Å². The topological polar surface area (TPSA) is 107 Å². The van der Waals surface area contributed by atoms with Gasteiger partial charge in [0.1, 0.15) is 0 Å². The number of sulfonamides is 1. The minimum absolute atomic E-state index is 0.0502. The molecule has 0 saturated carbocycles. The van der Waals surface area contributed by atoms with Crippen LogP contribution in [0.1, 0.15) is 15.9 Å². The molecule has 0 atom stereocenters. The van der Waals surface area contributed by atoms with Gasteiger partial charge in [-0.05, 0) is 36.4 Å². The fraction of sp³-hybridized carbons (Fsp3) is 0.0435. The normalized spacial score (nSPS) is 11.4. The second kappa shape index (κ2) is 8.55. The van der Waals surface area contributed by atoms with Crippen molar-refractivity contribution in [2.45, 2.75) is 11.4 Å². The Morgan fingerprint density at radius 1 is 0.903 bits per heavy atom. The first-order valence-electron chi connectivity index (χ1n) is 9.53. The quantitative estimate of drug-likeness (QED) is 0.468. The van der Waals surface area contributed by atoms with E-state index < -0.39 is 15.9 Å². The van der Waals surface area contributed by atoms with Crippen molar-refractivity contribution in [2.24, 2.45) is 5.73 Å². The van der Waals surface area contributed by atoms with Crippen LogP contribution in [-0.4, -0.2) is 24.1 Å². The van der Waals surface area contributed by atoms with Crippen molar-refractivity contribution in [1.29, 1.82) is 0 Å². The van der Waals surface area contributed by atoms with Gasteiger partial charge < -0.3 is 5.73 Å². The number of benzene rings is 3. The van der Waals surface area contributed by atoms with Crippen molar-refractivity contribution in [3.8, 4) is 16.9 Å². The molecule has 31 heavy (non-hydrogen) atoms. The lowest BCUT2D eigenvalue weighted by atomic mass is 10.1. The molecule has 7 nitrogen and oxygen atoms in total. The van der Waals surface area contributed by atoms with E-state index in [1.165, 1.54) is 24.3 Å². The van der Waals surface area contributed by atoms with Gasteiger partial charge in [0.05, 0.1) is 16.3 Å². The molecule has 0 aliphatic heterocycles. The summed E-state index contributed by atoms with van der Waals surface area (Å²) in [5.74, 6) is -0.613. The van der Waals surface area contributed by atoms with E-state index in [1.54, 1.807) is 4.68 Å². The molecule has 0 saturated heterocycles. The molecule has 0 fully saturated rings. The number of rotatable bonds is 7. The number of carbonyl (C=O) groups is 1. The molecule has 0 aliphatic carbocycles. The van der Waals surface area contributed by atoms with Crippen molar-refractivity contribution in [3.05, 3.63) is 102 Å². The van der Waals surface area contributed by atoms with Crippen LogP contribution in [0.4, 0.5) is 0 Å². The fourth-order valence-electron chi connectivity index (χ4n) is 3.15. The third kappa shape index (κ3) is 4.55. The molecule has 4 aromatic rings. The highest BCUT2D eigenvalue weighted by Gasteiger charge is 2.18. The second-order valence-corrected chi connectivity index (χ2v) is 8.63. The Morgan fingerprint density at radius 3 is 2.13 bits per heavy atom. The number of nitrogens with two attached hydrogens (primary N) is 1. The van der Waals surface area contributed by atoms with E-state index in [4.69, 9.17) is 5.73 Å². The molecule has 1 amide bonds. The molecule has 0 bridgehead atoms. The maximum atomic E-state index is 12.8. The van der Waals surface area contributed by atoms with Gasteiger partial charge in [-0.25, -0.2) is 17.8 Å². The van der Waals surface area contributed by atoms with Crippen molar-refractivity contribution in [2.75, 3.05) is 0 Å². The third-order valence-electron chi connectivity index (χ3n) is 4.76. The molecule has 8 heteroatoms. The van der Waals surface area contributed by atoms with Crippen LogP contribution < -0.4 is 10.5 Å². The van der Waals surface area contributed by atoms with E-state index in [0.29, 0.717) is 5.69 Å². The van der Waals surface area contributed by atoms with Crippen LogP contribution in [0.15, 0.2) is 96.0 Å². The number of hydrogen-bond acceptors (Lipinski definition) is 4. The van der Waals surface area contributed by atoms with Crippen molar-refractivity contribution in [1.82, 2.24) is 14.5 Å². The van der Waals surface area contributed by atoms with Gasteiger partial charge in [-0.3, -0.25) is 4.79 Å². The summed E-state index contributed by atoms with van der Waals surface area (Å²) in [6.07, 6.45) is 1.82. The van der Waals surface area contributed by atoms with Crippen molar-refractivity contribution in [3.63, 3.8) is 0 Å². The largest absolute Gasteiger partial charge is 0.366 e. The summed E-state index contributed by atoms with van der Waals surface area (Å²) in [5.41, 5.74) is 8.64. The second-order valence-electron chi connectivity index (χ2n) is 6.86. The molecule has 0 radical (unpaired) electrons. The van der Waals surface area contributed by atoms with Gasteiger partial charge in [-0.2, -0.15) is 5.10 Å². The number of para-hydroxylation sites is 1. The minimum atomic E-state index is -3.79. The molecule has 3 N–H and O–H groups in total. The maximum absolute atomic E-state index is 12.8. The highest BCUT2D eigenvalue weighted by atomic mass is 32.2. The molecular formula is C23H20N4O3S. The predicted octanol–water partition coefficient (Wildman–Crippen LogP) is 3.12. The number of aromatic nitrogens is 2. The third-order valence-corrected chi connectivity index (χ3v) is 6.18. The van der Waals surface area contributed by atoms with E-state index in [1.807, 2.05) is 66.9 Å². The molecule has 156 valence electrons. The number of hydrogen-bond donors (Lipinski definition) is 2. The average Bonchev–Trinajstić information content (AvgIpc) is 3.23. The first-order valence-corrected chi connectivity index (χ1v) is 11.0. The zero-order chi connectivity index (χ0) is 21.8. The highest BCUT2D eigenvalue weighted by Crippen LogP contribution is 2.24. The van der Waals surface area contributed by atoms with E-state index in [2.05, 4.69) is 9.82 Å². The number of nitrogens with zero attached hydrogens (tertiary/aromatic N) is 2. The first-order chi connectivity index (χ1) is 14.9. The minimum Gasteiger partial charge on any atom is -0.366 e. The SMILES string of the molecule is NC(=O)c1ccc(S(=O)(=O)NCc2cn(-c3ccccc3)nc2-c2ccccc2)cc1. The predicted molar refractivity (Wildman–Crippen MR) is 118 cm³/mol. The van der Waals surface area contributed by atoms with Gasteiger partial charge in [0, 0.05) is 29.4 Å². The Balaban J connectivity index is 1.64. The first kappa shape index (κ1) is 20.5. The number of carbonyl (C=O) groups excluding carboxylic acids is 1. The maximum Gasteiger partial charge on any atom is 0.248 e. The summed E-state index contributed by atoms with van der Waals surface area (Å²) >= 11 is 0. The van der Waals surface area contributed by atoms with Crippen molar-refractivity contribution < 1.29 is 13.2 Å². The molecule has 1 aromatic heterocycles. The summed E-state index contributed by atoms with van der Waals surface area (Å²) in [5, 5.41) is 4.69. The lowest BCUT2D eigenvalue weighted by Gasteiger charge is -2.07. The van der Waals surface area contributed by atoms with Gasteiger partial charge in [-0.1, -0.05) is 48.5 Å². The highest BCUT2D eigenvalue weighted by molar-refractivity contribution is 7.89. The van der Waals surface area contributed by atoms with E-state index >= 15 is 0 Å². The Morgan fingerprint density at radius 2 is 1.52 bits per heavy atom. The zero-order valence-corrected chi connectivity index (χ0v) is 17.3. The standard InChI is InChI=1S/C23H20N4O3S/c24-23(28)18-11-13-21(14-12-18)31(29,30)25-15-19-16-27(20-9-5-2-6-10-20)26-22(19)17-7-3-1-4-8-17/h1-14,16,25H,15H2,(H2,24,28). The molecule has 1 heterocycles. The lowest BCUT2D eigenvalue weighted by molar-refractivity contribution is 0.1000. The molecule has 0 aliphatic rings. The average molecular weight is 433 g/mol. The molecule has 3 aromatic carbocycles. The van der Waals surface area contributed by atoms with Crippen LogP contribution in [0.5, 0.6) is 0 Å². The molecule has 0 spiro atoms. The van der Waals surface area contributed by atoms with Crippen LogP contribution in [0.2, 0.25) is 0 Å². The summed E-state index contributed by atoms with van der Waals surface area (Å²) in [6.45, 7) is 0.0525. The zero-order valence-electron chi connectivity index (χ0n) is 16.5. The van der Waals surface area contributed by atoms with Gasteiger partial charge in [0.15, 0.2) is 0 Å². The van der Waals surface area contributed by atoms with Crippen LogP contribution in [-0.2, 0) is 16.6 Å². The Bertz CT molecular complexity index is 1300. The summed E-state index contributed by atoms with van der Waals surface area (Å²) in [4.78, 5) is 11.3. The number of nitrogens with one attached hydrogen (secondary N) is 1. The van der Waals surface area contributed by atoms with E-state index in [-0.39, 0.29) is 17.0 Å². The monoisotopic (exact) mass is 432 g/mol. The summed E-state index contributed by atoms with van der Waals surface area (Å²) in [6, 6.07) is 24.7. The molecular weight excluding hydrogens is 412 g/mol. The van der Waals surface area contributed by atoms with Crippen LogP contribution in [0.3, 0.4) is 0 Å². The fourth-order valence-corrected chi connectivity index (χ4v) is 4.15.